The summed E-state index contributed by atoms with van der Waals surface area (Å²) < 4.78 is 1.51. The van der Waals surface area contributed by atoms with E-state index in [2.05, 4.69) is 20.6 Å². The third-order valence-corrected chi connectivity index (χ3v) is 2.44. The first-order chi connectivity index (χ1) is 8.08. The Morgan fingerprint density at radius 3 is 2.94 bits per heavy atom. The molecule has 1 unspecified atom stereocenters. The van der Waals surface area contributed by atoms with Gasteiger partial charge >= 0.3 is 0 Å². The van der Waals surface area contributed by atoms with Crippen molar-refractivity contribution in [3.8, 4) is 0 Å². The number of carbonyl (C=O) groups excluding carboxylic acids is 1. The number of aromatic nitrogens is 4. The second kappa shape index (κ2) is 4.28. The van der Waals surface area contributed by atoms with Crippen molar-refractivity contribution in [2.24, 2.45) is 7.05 Å². The molecule has 90 valence electrons. The van der Waals surface area contributed by atoms with Gasteiger partial charge in [-0.1, -0.05) is 0 Å². The van der Waals surface area contributed by atoms with Crippen molar-refractivity contribution in [3.05, 3.63) is 29.8 Å². The van der Waals surface area contributed by atoms with Crippen molar-refractivity contribution in [2.75, 3.05) is 5.73 Å². The lowest BCUT2D eigenvalue weighted by Gasteiger charge is -2.10. The molecule has 0 spiro atoms. The number of amides is 1. The van der Waals surface area contributed by atoms with E-state index in [9.17, 15) is 4.79 Å². The Balaban J connectivity index is 2.09. The molecule has 0 fully saturated rings. The summed E-state index contributed by atoms with van der Waals surface area (Å²) >= 11 is 0. The fraction of sp³-hybridized carbons (Fsp3) is 0.300. The predicted molar refractivity (Wildman–Crippen MR) is 62.1 cm³/mol. The summed E-state index contributed by atoms with van der Waals surface area (Å²) in [5, 5.41) is 13.3. The van der Waals surface area contributed by atoms with Crippen molar-refractivity contribution in [2.45, 2.75) is 13.0 Å². The van der Waals surface area contributed by atoms with Crippen molar-refractivity contribution in [3.63, 3.8) is 0 Å². The minimum absolute atomic E-state index is 0.150. The number of nitrogen functional groups attached to an aromatic ring is 1. The molecule has 1 amide bonds. The second-order valence-electron chi connectivity index (χ2n) is 3.83. The standard InChI is InChI=1S/C10H14N6O/c1-6(7-3-12-13-4-7)14-10(17)9-8(11)5-16(2)15-9/h3-6H,11H2,1-2H3,(H,12,13)(H,14,17). The fourth-order valence-corrected chi connectivity index (χ4v) is 1.53. The minimum Gasteiger partial charge on any atom is -0.396 e. The highest BCUT2D eigenvalue weighted by atomic mass is 16.2. The molecule has 0 saturated carbocycles. The number of nitrogens with zero attached hydrogens (tertiary/aromatic N) is 3. The van der Waals surface area contributed by atoms with E-state index in [-0.39, 0.29) is 17.6 Å². The Labute approximate surface area is 98.0 Å². The quantitative estimate of drug-likeness (QED) is 0.706. The molecule has 2 aromatic heterocycles. The molecule has 7 heteroatoms. The Hall–Kier alpha value is -2.31. The van der Waals surface area contributed by atoms with E-state index in [1.54, 1.807) is 25.6 Å². The van der Waals surface area contributed by atoms with Crippen molar-refractivity contribution < 1.29 is 4.79 Å². The Morgan fingerprint density at radius 2 is 2.41 bits per heavy atom. The van der Waals surface area contributed by atoms with E-state index in [0.29, 0.717) is 5.69 Å². The van der Waals surface area contributed by atoms with Crippen LogP contribution in [-0.4, -0.2) is 25.9 Å². The molecule has 17 heavy (non-hydrogen) atoms. The molecule has 4 N–H and O–H groups in total. The topological polar surface area (TPSA) is 102 Å². The number of nitrogens with one attached hydrogen (secondary N) is 2. The summed E-state index contributed by atoms with van der Waals surface area (Å²) in [6.45, 7) is 1.86. The summed E-state index contributed by atoms with van der Waals surface area (Å²) in [6.07, 6.45) is 4.98. The molecular weight excluding hydrogens is 220 g/mol. The van der Waals surface area contributed by atoms with E-state index in [1.807, 2.05) is 6.92 Å². The van der Waals surface area contributed by atoms with Crippen LogP contribution in [0.5, 0.6) is 0 Å². The summed E-state index contributed by atoms with van der Waals surface area (Å²) in [6, 6.07) is -0.150. The van der Waals surface area contributed by atoms with Crippen molar-refractivity contribution in [1.29, 1.82) is 0 Å². The largest absolute Gasteiger partial charge is 0.396 e. The number of carbonyl (C=O) groups is 1. The summed E-state index contributed by atoms with van der Waals surface area (Å²) in [5.74, 6) is -0.295. The molecule has 0 aliphatic rings. The highest BCUT2D eigenvalue weighted by Crippen LogP contribution is 2.13. The van der Waals surface area contributed by atoms with Gasteiger partial charge in [-0.05, 0) is 6.92 Å². The number of aryl methyl sites for hydroxylation is 1. The van der Waals surface area contributed by atoms with Crippen LogP contribution in [-0.2, 0) is 7.05 Å². The van der Waals surface area contributed by atoms with E-state index < -0.39 is 0 Å². The van der Waals surface area contributed by atoms with Gasteiger partial charge in [-0.3, -0.25) is 14.6 Å². The molecule has 0 saturated heterocycles. The monoisotopic (exact) mass is 234 g/mol. The van der Waals surface area contributed by atoms with Gasteiger partial charge in [-0.2, -0.15) is 10.2 Å². The average Bonchev–Trinajstić information content (AvgIpc) is 2.87. The molecule has 1 atom stereocenters. The van der Waals surface area contributed by atoms with Crippen LogP contribution in [0.3, 0.4) is 0 Å². The minimum atomic E-state index is -0.295. The normalized spacial score (nSPS) is 12.4. The van der Waals surface area contributed by atoms with Crippen molar-refractivity contribution >= 4 is 11.6 Å². The maximum atomic E-state index is 11.9. The summed E-state index contributed by atoms with van der Waals surface area (Å²) in [5.41, 5.74) is 7.17. The molecule has 2 rings (SSSR count). The first-order valence-electron chi connectivity index (χ1n) is 5.16. The molecule has 0 radical (unpaired) electrons. The van der Waals surface area contributed by atoms with Gasteiger partial charge in [-0.25, -0.2) is 0 Å². The number of aromatic amines is 1. The Kier molecular flexibility index (Phi) is 2.82. The Morgan fingerprint density at radius 1 is 1.65 bits per heavy atom. The van der Waals surface area contributed by atoms with Gasteiger partial charge in [0, 0.05) is 25.0 Å². The molecule has 0 aliphatic heterocycles. The van der Waals surface area contributed by atoms with Crippen LogP contribution in [0, 0.1) is 0 Å². The summed E-state index contributed by atoms with van der Waals surface area (Å²) in [7, 11) is 1.71. The zero-order valence-corrected chi connectivity index (χ0v) is 9.64. The van der Waals surface area contributed by atoms with Crippen LogP contribution in [0.15, 0.2) is 18.6 Å². The van der Waals surface area contributed by atoms with Crippen LogP contribution < -0.4 is 11.1 Å². The number of hydrogen-bond donors (Lipinski definition) is 3. The zero-order chi connectivity index (χ0) is 12.4. The molecule has 0 aliphatic carbocycles. The van der Waals surface area contributed by atoms with Crippen LogP contribution in [0.25, 0.3) is 0 Å². The van der Waals surface area contributed by atoms with Gasteiger partial charge in [0.2, 0.25) is 0 Å². The maximum Gasteiger partial charge on any atom is 0.274 e. The zero-order valence-electron chi connectivity index (χ0n) is 9.64. The highest BCUT2D eigenvalue weighted by molar-refractivity contribution is 5.97. The first-order valence-corrected chi connectivity index (χ1v) is 5.16. The van der Waals surface area contributed by atoms with Crippen molar-refractivity contribution in [1.82, 2.24) is 25.3 Å². The predicted octanol–water partition coefficient (Wildman–Crippen LogP) is 0.216. The van der Waals surface area contributed by atoms with Crippen LogP contribution in [0.1, 0.15) is 29.0 Å². The van der Waals surface area contributed by atoms with Gasteiger partial charge < -0.3 is 11.1 Å². The summed E-state index contributed by atoms with van der Waals surface area (Å²) in [4.78, 5) is 11.9. The van der Waals surface area contributed by atoms with Crippen LogP contribution >= 0.6 is 0 Å². The number of nitrogens with two attached hydrogens (primary N) is 1. The molecule has 2 heterocycles. The van der Waals surface area contributed by atoms with Gasteiger partial charge in [0.1, 0.15) is 0 Å². The highest BCUT2D eigenvalue weighted by Gasteiger charge is 2.17. The SMILES string of the molecule is CC(NC(=O)c1nn(C)cc1N)c1cn[nH]c1. The lowest BCUT2D eigenvalue weighted by atomic mass is 10.2. The van der Waals surface area contributed by atoms with Gasteiger partial charge in [0.15, 0.2) is 5.69 Å². The van der Waals surface area contributed by atoms with Crippen LogP contribution in [0.4, 0.5) is 5.69 Å². The lowest BCUT2D eigenvalue weighted by Crippen LogP contribution is -2.27. The number of H-pyrrole nitrogens is 1. The van der Waals surface area contributed by atoms with E-state index >= 15 is 0 Å². The third kappa shape index (κ3) is 2.27. The molecule has 7 nitrogen and oxygen atoms in total. The maximum absolute atomic E-state index is 11.9. The van der Waals surface area contributed by atoms with E-state index in [4.69, 9.17) is 5.73 Å². The van der Waals surface area contributed by atoms with Crippen LogP contribution in [0.2, 0.25) is 0 Å². The van der Waals surface area contributed by atoms with Gasteiger partial charge in [-0.15, -0.1) is 0 Å². The fourth-order valence-electron chi connectivity index (χ4n) is 1.53. The third-order valence-electron chi connectivity index (χ3n) is 2.44. The first kappa shape index (κ1) is 11.2. The number of anilines is 1. The average molecular weight is 234 g/mol. The Bertz CT molecular complexity index is 515. The van der Waals surface area contributed by atoms with E-state index in [0.717, 1.165) is 5.56 Å². The van der Waals surface area contributed by atoms with E-state index in [1.165, 1.54) is 4.68 Å². The van der Waals surface area contributed by atoms with Gasteiger partial charge in [0.25, 0.3) is 5.91 Å². The molecular formula is C10H14N6O. The molecule has 2 aromatic rings. The van der Waals surface area contributed by atoms with Gasteiger partial charge in [0.05, 0.1) is 17.9 Å². The number of hydrogen-bond acceptors (Lipinski definition) is 4. The smallest absolute Gasteiger partial charge is 0.274 e. The molecule has 0 bridgehead atoms. The second-order valence-corrected chi connectivity index (χ2v) is 3.83. The number of rotatable bonds is 3. The molecule has 0 aromatic carbocycles. The lowest BCUT2D eigenvalue weighted by molar-refractivity contribution is 0.0935.